The number of likely N-dealkylation sites (N-methyl/N-ethyl adjacent to an activating group) is 1. The molecule has 0 aliphatic carbocycles. The molecule has 0 atom stereocenters. The molecular weight excluding hydrogens is 346 g/mol. The van der Waals surface area contributed by atoms with E-state index < -0.39 is 0 Å². The van der Waals surface area contributed by atoms with Gasteiger partial charge in [0.2, 0.25) is 11.8 Å². The van der Waals surface area contributed by atoms with Crippen LogP contribution in [0.5, 0.6) is 11.5 Å². The molecule has 7 nitrogen and oxygen atoms in total. The van der Waals surface area contributed by atoms with Crippen LogP contribution in [0, 0.1) is 0 Å². The fourth-order valence-corrected chi connectivity index (χ4v) is 2.46. The van der Waals surface area contributed by atoms with E-state index in [1.54, 1.807) is 55.5 Å². The second-order valence-corrected chi connectivity index (χ2v) is 5.93. The summed E-state index contributed by atoms with van der Waals surface area (Å²) >= 11 is 0. The molecule has 0 saturated heterocycles. The van der Waals surface area contributed by atoms with E-state index in [1.807, 2.05) is 19.1 Å². The third kappa shape index (κ3) is 6.63. The van der Waals surface area contributed by atoms with E-state index in [-0.39, 0.29) is 24.9 Å². The van der Waals surface area contributed by atoms with Crippen LogP contribution in [0.3, 0.4) is 0 Å². The van der Waals surface area contributed by atoms with Gasteiger partial charge in [0.15, 0.2) is 0 Å². The summed E-state index contributed by atoms with van der Waals surface area (Å²) in [6.07, 6.45) is 0. The molecule has 0 aromatic heterocycles. The van der Waals surface area contributed by atoms with Gasteiger partial charge in [0.1, 0.15) is 11.5 Å². The third-order valence-corrected chi connectivity index (χ3v) is 3.66. The molecule has 0 fully saturated rings. The lowest BCUT2D eigenvalue weighted by atomic mass is 10.3. The number of ether oxygens (including phenoxy) is 2. The zero-order valence-corrected chi connectivity index (χ0v) is 15.8. The molecule has 144 valence electrons. The number of amides is 2. The number of hydrogen-bond acceptors (Lipinski definition) is 5. The minimum absolute atomic E-state index is 0.0799. The summed E-state index contributed by atoms with van der Waals surface area (Å²) in [5.74, 6) is 0.912. The van der Waals surface area contributed by atoms with E-state index in [0.717, 1.165) is 0 Å². The van der Waals surface area contributed by atoms with Gasteiger partial charge in [-0.05, 0) is 50.4 Å². The standard InChI is InChI=1S/C20H25N3O4/c1-4-27-18-8-6-5-7-17(18)22-20(25)14-23(2)13-19(24)21-15-9-11-16(26-3)12-10-15/h5-12H,4,13-14H2,1-3H3,(H,21,24)(H,22,25). The quantitative estimate of drug-likeness (QED) is 0.708. The first kappa shape index (κ1) is 20.3. The van der Waals surface area contributed by atoms with Gasteiger partial charge in [-0.2, -0.15) is 0 Å². The molecule has 0 aliphatic heterocycles. The van der Waals surface area contributed by atoms with Crippen LogP contribution in [-0.4, -0.2) is 50.6 Å². The van der Waals surface area contributed by atoms with Crippen LogP contribution in [0.1, 0.15) is 6.92 Å². The van der Waals surface area contributed by atoms with Crippen molar-refractivity contribution >= 4 is 23.2 Å². The van der Waals surface area contributed by atoms with Crippen LogP contribution in [0.25, 0.3) is 0 Å². The summed E-state index contributed by atoms with van der Waals surface area (Å²) in [4.78, 5) is 26.0. The van der Waals surface area contributed by atoms with E-state index in [4.69, 9.17) is 9.47 Å². The highest BCUT2D eigenvalue weighted by Gasteiger charge is 2.13. The number of benzene rings is 2. The number of carbonyl (C=O) groups is 2. The molecule has 0 spiro atoms. The van der Waals surface area contributed by atoms with Crippen LogP contribution in [0.15, 0.2) is 48.5 Å². The summed E-state index contributed by atoms with van der Waals surface area (Å²) in [5, 5.41) is 5.60. The highest BCUT2D eigenvalue weighted by molar-refractivity contribution is 5.95. The molecule has 2 aromatic carbocycles. The van der Waals surface area contributed by atoms with E-state index in [1.165, 1.54) is 0 Å². The molecule has 0 aliphatic rings. The molecular formula is C20H25N3O4. The van der Waals surface area contributed by atoms with Gasteiger partial charge in [-0.15, -0.1) is 0 Å². The Morgan fingerprint density at radius 2 is 1.59 bits per heavy atom. The average Bonchev–Trinajstić information content (AvgIpc) is 2.63. The SMILES string of the molecule is CCOc1ccccc1NC(=O)CN(C)CC(=O)Nc1ccc(OC)cc1. The molecule has 2 N–H and O–H groups in total. The summed E-state index contributed by atoms with van der Waals surface area (Å²) in [5.41, 5.74) is 1.28. The Kier molecular flexibility index (Phi) is 7.63. The van der Waals surface area contributed by atoms with Gasteiger partial charge >= 0.3 is 0 Å². The maximum Gasteiger partial charge on any atom is 0.238 e. The van der Waals surface area contributed by atoms with Gasteiger partial charge in [0, 0.05) is 5.69 Å². The summed E-state index contributed by atoms with van der Waals surface area (Å²) in [7, 11) is 3.29. The van der Waals surface area contributed by atoms with Crippen molar-refractivity contribution in [3.63, 3.8) is 0 Å². The Hall–Kier alpha value is -3.06. The van der Waals surface area contributed by atoms with Gasteiger partial charge in [0.05, 0.1) is 32.5 Å². The lowest BCUT2D eigenvalue weighted by molar-refractivity contribution is -0.119. The number of nitrogens with one attached hydrogen (secondary N) is 2. The number of rotatable bonds is 9. The molecule has 0 unspecified atom stereocenters. The molecule has 2 amide bonds. The fourth-order valence-electron chi connectivity index (χ4n) is 2.46. The Bertz CT molecular complexity index is 762. The minimum atomic E-state index is -0.220. The molecule has 0 radical (unpaired) electrons. The predicted octanol–water partition coefficient (Wildman–Crippen LogP) is 2.60. The second kappa shape index (κ2) is 10.2. The van der Waals surface area contributed by atoms with Crippen LogP contribution >= 0.6 is 0 Å². The summed E-state index contributed by atoms with van der Waals surface area (Å²) < 4.78 is 10.6. The number of para-hydroxylation sites is 2. The van der Waals surface area contributed by atoms with Gasteiger partial charge < -0.3 is 20.1 Å². The van der Waals surface area contributed by atoms with Crippen molar-refractivity contribution in [1.82, 2.24) is 4.90 Å². The molecule has 7 heteroatoms. The molecule has 0 saturated carbocycles. The maximum absolute atomic E-state index is 12.2. The number of hydrogen-bond donors (Lipinski definition) is 2. The third-order valence-electron chi connectivity index (χ3n) is 3.66. The first-order chi connectivity index (χ1) is 13.0. The Balaban J connectivity index is 1.82. The first-order valence-electron chi connectivity index (χ1n) is 8.66. The maximum atomic E-state index is 12.2. The molecule has 0 heterocycles. The highest BCUT2D eigenvalue weighted by Crippen LogP contribution is 2.23. The van der Waals surface area contributed by atoms with Gasteiger partial charge in [-0.3, -0.25) is 14.5 Å². The van der Waals surface area contributed by atoms with Crippen molar-refractivity contribution in [2.24, 2.45) is 0 Å². The lowest BCUT2D eigenvalue weighted by Gasteiger charge is -2.17. The van der Waals surface area contributed by atoms with Crippen molar-refractivity contribution in [3.8, 4) is 11.5 Å². The second-order valence-electron chi connectivity index (χ2n) is 5.93. The van der Waals surface area contributed by atoms with Crippen molar-refractivity contribution < 1.29 is 19.1 Å². The number of anilines is 2. The Morgan fingerprint density at radius 3 is 2.22 bits per heavy atom. The van der Waals surface area contributed by atoms with Crippen molar-refractivity contribution in [3.05, 3.63) is 48.5 Å². The Morgan fingerprint density at radius 1 is 0.963 bits per heavy atom. The predicted molar refractivity (Wildman–Crippen MR) is 105 cm³/mol. The minimum Gasteiger partial charge on any atom is -0.497 e. The smallest absolute Gasteiger partial charge is 0.238 e. The largest absolute Gasteiger partial charge is 0.497 e. The average molecular weight is 371 g/mol. The Labute approximate surface area is 159 Å². The monoisotopic (exact) mass is 371 g/mol. The van der Waals surface area contributed by atoms with Gasteiger partial charge in [-0.1, -0.05) is 12.1 Å². The first-order valence-corrected chi connectivity index (χ1v) is 8.66. The summed E-state index contributed by atoms with van der Waals surface area (Å²) in [6, 6.07) is 14.3. The normalized spacial score (nSPS) is 10.4. The summed E-state index contributed by atoms with van der Waals surface area (Å²) in [6.45, 7) is 2.56. The molecule has 27 heavy (non-hydrogen) atoms. The lowest BCUT2D eigenvalue weighted by Crippen LogP contribution is -2.36. The molecule has 2 rings (SSSR count). The van der Waals surface area contributed by atoms with Gasteiger partial charge in [-0.25, -0.2) is 0 Å². The van der Waals surface area contributed by atoms with Crippen LogP contribution in [0.2, 0.25) is 0 Å². The number of carbonyl (C=O) groups excluding carboxylic acids is 2. The van der Waals surface area contributed by atoms with Crippen LogP contribution in [-0.2, 0) is 9.59 Å². The van der Waals surface area contributed by atoms with Crippen molar-refractivity contribution in [2.75, 3.05) is 44.5 Å². The zero-order valence-electron chi connectivity index (χ0n) is 15.8. The van der Waals surface area contributed by atoms with E-state index in [0.29, 0.717) is 29.5 Å². The topological polar surface area (TPSA) is 79.9 Å². The van der Waals surface area contributed by atoms with Gasteiger partial charge in [0.25, 0.3) is 0 Å². The number of nitrogens with zero attached hydrogens (tertiary/aromatic N) is 1. The molecule has 0 bridgehead atoms. The highest BCUT2D eigenvalue weighted by atomic mass is 16.5. The zero-order chi connectivity index (χ0) is 19.6. The molecule has 2 aromatic rings. The van der Waals surface area contributed by atoms with E-state index in [2.05, 4.69) is 10.6 Å². The van der Waals surface area contributed by atoms with E-state index >= 15 is 0 Å². The van der Waals surface area contributed by atoms with Crippen LogP contribution in [0.4, 0.5) is 11.4 Å². The van der Waals surface area contributed by atoms with Crippen LogP contribution < -0.4 is 20.1 Å². The van der Waals surface area contributed by atoms with Crippen molar-refractivity contribution in [1.29, 1.82) is 0 Å². The number of methoxy groups -OCH3 is 1. The van der Waals surface area contributed by atoms with Crippen molar-refractivity contribution in [2.45, 2.75) is 6.92 Å². The van der Waals surface area contributed by atoms with E-state index in [9.17, 15) is 9.59 Å². The fraction of sp³-hybridized carbons (Fsp3) is 0.300.